The van der Waals surface area contributed by atoms with Crippen molar-refractivity contribution in [3.63, 3.8) is 0 Å². The molecule has 0 unspecified atom stereocenters. The average Bonchev–Trinajstić information content (AvgIpc) is 2.20. The number of hydrogen-bond donors (Lipinski definition) is 1. The van der Waals surface area contributed by atoms with E-state index in [9.17, 15) is 13.2 Å². The van der Waals surface area contributed by atoms with Crippen molar-refractivity contribution in [3.8, 4) is 0 Å². The monoisotopic (exact) mass is 267 g/mol. The highest BCUT2D eigenvalue weighted by molar-refractivity contribution is 6.31. The molecule has 0 aliphatic rings. The number of alkyl halides is 3. The third-order valence-electron chi connectivity index (χ3n) is 2.30. The maximum Gasteiger partial charge on any atom is 0.416 e. The standard InChI is InChI=1S/C11H13ClF3NO/c1-16(4-5-17)7-8-6-9(11(13,14)15)2-3-10(8)12/h2-3,6,17H,4-5,7H2,1H3. The summed E-state index contributed by atoms with van der Waals surface area (Å²) in [7, 11) is 1.70. The lowest BCUT2D eigenvalue weighted by Crippen LogP contribution is -2.22. The van der Waals surface area contributed by atoms with E-state index < -0.39 is 11.7 Å². The van der Waals surface area contributed by atoms with E-state index in [0.717, 1.165) is 12.1 Å². The molecular weight excluding hydrogens is 255 g/mol. The van der Waals surface area contributed by atoms with Gasteiger partial charge in [-0.3, -0.25) is 4.90 Å². The largest absolute Gasteiger partial charge is 0.416 e. The molecule has 6 heteroatoms. The highest BCUT2D eigenvalue weighted by Gasteiger charge is 2.30. The zero-order chi connectivity index (χ0) is 13.1. The highest BCUT2D eigenvalue weighted by Crippen LogP contribution is 2.32. The van der Waals surface area contributed by atoms with Crippen LogP contribution in [0.3, 0.4) is 0 Å². The second-order valence-corrected chi connectivity index (χ2v) is 4.17. The fourth-order valence-corrected chi connectivity index (χ4v) is 1.59. The summed E-state index contributed by atoms with van der Waals surface area (Å²) in [5.41, 5.74) is -0.313. The molecule has 1 rings (SSSR count). The smallest absolute Gasteiger partial charge is 0.395 e. The zero-order valence-corrected chi connectivity index (χ0v) is 10.0. The predicted octanol–water partition coefficient (Wildman–Crippen LogP) is 2.78. The maximum atomic E-state index is 12.5. The molecule has 0 radical (unpaired) electrons. The minimum absolute atomic E-state index is 0.0485. The highest BCUT2D eigenvalue weighted by atomic mass is 35.5. The van der Waals surface area contributed by atoms with Gasteiger partial charge in [0.15, 0.2) is 0 Å². The van der Waals surface area contributed by atoms with Crippen molar-refractivity contribution >= 4 is 11.6 Å². The Kier molecular flexibility index (Phi) is 4.80. The molecule has 0 amide bonds. The first-order valence-electron chi connectivity index (χ1n) is 4.99. The number of aliphatic hydroxyl groups is 1. The van der Waals surface area contributed by atoms with Crippen molar-refractivity contribution in [1.82, 2.24) is 4.90 Å². The number of hydrogen-bond acceptors (Lipinski definition) is 2. The van der Waals surface area contributed by atoms with Crippen LogP contribution in [0.4, 0.5) is 13.2 Å². The van der Waals surface area contributed by atoms with Gasteiger partial charge in [-0.2, -0.15) is 13.2 Å². The second kappa shape index (κ2) is 5.71. The maximum absolute atomic E-state index is 12.5. The lowest BCUT2D eigenvalue weighted by molar-refractivity contribution is -0.137. The summed E-state index contributed by atoms with van der Waals surface area (Å²) >= 11 is 5.83. The molecule has 0 bridgehead atoms. The van der Waals surface area contributed by atoms with Crippen LogP contribution in [0.15, 0.2) is 18.2 Å². The summed E-state index contributed by atoms with van der Waals surface area (Å²) in [6.07, 6.45) is -4.37. The Morgan fingerprint density at radius 2 is 2.00 bits per heavy atom. The molecule has 0 heterocycles. The van der Waals surface area contributed by atoms with Gasteiger partial charge in [0.25, 0.3) is 0 Å². The van der Waals surface area contributed by atoms with Crippen LogP contribution in [0.1, 0.15) is 11.1 Å². The average molecular weight is 268 g/mol. The Hall–Kier alpha value is -0.780. The summed E-state index contributed by atoms with van der Waals surface area (Å²) in [6.45, 7) is 0.600. The number of likely N-dealkylation sites (N-methyl/N-ethyl adjacent to an activating group) is 1. The van der Waals surface area contributed by atoms with Crippen molar-refractivity contribution in [1.29, 1.82) is 0 Å². The minimum atomic E-state index is -4.37. The van der Waals surface area contributed by atoms with Crippen LogP contribution in [0, 0.1) is 0 Å². The van der Waals surface area contributed by atoms with Crippen LogP contribution in [0.2, 0.25) is 5.02 Å². The Morgan fingerprint density at radius 3 is 2.53 bits per heavy atom. The van der Waals surface area contributed by atoms with Gasteiger partial charge in [-0.15, -0.1) is 0 Å². The molecule has 17 heavy (non-hydrogen) atoms. The third-order valence-corrected chi connectivity index (χ3v) is 2.66. The topological polar surface area (TPSA) is 23.5 Å². The molecule has 0 saturated carbocycles. The van der Waals surface area contributed by atoms with E-state index in [1.165, 1.54) is 6.07 Å². The van der Waals surface area contributed by atoms with Gasteiger partial charge in [-0.25, -0.2) is 0 Å². The first-order valence-corrected chi connectivity index (χ1v) is 5.37. The molecule has 1 aromatic rings. The lowest BCUT2D eigenvalue weighted by Gasteiger charge is -2.17. The van der Waals surface area contributed by atoms with Gasteiger partial charge in [0.2, 0.25) is 0 Å². The first-order chi connectivity index (χ1) is 7.84. The second-order valence-electron chi connectivity index (χ2n) is 3.77. The van der Waals surface area contributed by atoms with E-state index in [0.29, 0.717) is 17.1 Å². The van der Waals surface area contributed by atoms with Gasteiger partial charge in [-0.1, -0.05) is 11.6 Å². The van der Waals surface area contributed by atoms with Crippen molar-refractivity contribution in [2.75, 3.05) is 20.2 Å². The molecule has 0 atom stereocenters. The molecule has 1 N–H and O–H groups in total. The molecule has 0 spiro atoms. The van der Waals surface area contributed by atoms with Gasteiger partial charge >= 0.3 is 6.18 Å². The molecule has 0 fully saturated rings. The van der Waals surface area contributed by atoms with Crippen LogP contribution in [0.25, 0.3) is 0 Å². The quantitative estimate of drug-likeness (QED) is 0.907. The van der Waals surface area contributed by atoms with Gasteiger partial charge < -0.3 is 5.11 Å². The van der Waals surface area contributed by atoms with E-state index in [1.807, 2.05) is 0 Å². The summed E-state index contributed by atoms with van der Waals surface area (Å²) in [5.74, 6) is 0. The Morgan fingerprint density at radius 1 is 1.35 bits per heavy atom. The number of aliphatic hydroxyl groups excluding tert-OH is 1. The van der Waals surface area contributed by atoms with Crippen LogP contribution in [-0.2, 0) is 12.7 Å². The number of rotatable bonds is 4. The summed E-state index contributed by atoms with van der Waals surface area (Å²) in [4.78, 5) is 1.70. The number of halogens is 4. The van der Waals surface area contributed by atoms with E-state index >= 15 is 0 Å². The van der Waals surface area contributed by atoms with Gasteiger partial charge in [-0.05, 0) is 30.8 Å². The Labute approximate surface area is 103 Å². The normalized spacial score (nSPS) is 12.2. The van der Waals surface area contributed by atoms with Gasteiger partial charge in [0.05, 0.1) is 12.2 Å². The lowest BCUT2D eigenvalue weighted by atomic mass is 10.1. The van der Waals surface area contributed by atoms with Crippen LogP contribution < -0.4 is 0 Å². The van der Waals surface area contributed by atoms with Crippen molar-refractivity contribution in [2.45, 2.75) is 12.7 Å². The SMILES string of the molecule is CN(CCO)Cc1cc(C(F)(F)F)ccc1Cl. The van der Waals surface area contributed by atoms with Crippen molar-refractivity contribution < 1.29 is 18.3 Å². The zero-order valence-electron chi connectivity index (χ0n) is 9.26. The molecule has 0 saturated heterocycles. The van der Waals surface area contributed by atoms with E-state index in [1.54, 1.807) is 11.9 Å². The summed E-state index contributed by atoms with van der Waals surface area (Å²) in [6, 6.07) is 3.24. The fraction of sp³-hybridized carbons (Fsp3) is 0.455. The molecule has 0 aromatic heterocycles. The van der Waals surface area contributed by atoms with E-state index in [-0.39, 0.29) is 13.2 Å². The van der Waals surface area contributed by atoms with E-state index in [2.05, 4.69) is 0 Å². The molecular formula is C11H13ClF3NO. The predicted molar refractivity (Wildman–Crippen MR) is 59.9 cm³/mol. The van der Waals surface area contributed by atoms with Crippen LogP contribution in [0.5, 0.6) is 0 Å². The van der Waals surface area contributed by atoms with Crippen LogP contribution >= 0.6 is 11.6 Å². The van der Waals surface area contributed by atoms with Crippen molar-refractivity contribution in [3.05, 3.63) is 34.3 Å². The third kappa shape index (κ3) is 4.18. The number of nitrogens with zero attached hydrogens (tertiary/aromatic N) is 1. The summed E-state index contributed by atoms with van der Waals surface area (Å²) < 4.78 is 37.5. The van der Waals surface area contributed by atoms with Gasteiger partial charge in [0, 0.05) is 18.1 Å². The first kappa shape index (κ1) is 14.3. The summed E-state index contributed by atoms with van der Waals surface area (Å²) in [5, 5.41) is 9.01. The molecule has 0 aliphatic heterocycles. The number of benzene rings is 1. The Balaban J connectivity index is 2.91. The molecule has 96 valence electrons. The van der Waals surface area contributed by atoms with Gasteiger partial charge in [0.1, 0.15) is 0 Å². The molecule has 1 aromatic carbocycles. The molecule has 2 nitrogen and oxygen atoms in total. The van der Waals surface area contributed by atoms with E-state index in [4.69, 9.17) is 16.7 Å². The fourth-order valence-electron chi connectivity index (χ4n) is 1.41. The minimum Gasteiger partial charge on any atom is -0.395 e. The van der Waals surface area contributed by atoms with Crippen LogP contribution in [-0.4, -0.2) is 30.2 Å². The Bertz CT molecular complexity index is 381. The van der Waals surface area contributed by atoms with Crippen molar-refractivity contribution in [2.24, 2.45) is 0 Å². The molecule has 0 aliphatic carbocycles.